The minimum Gasteiger partial charge on any atom is -0.394 e. The lowest BCUT2D eigenvalue weighted by Gasteiger charge is -2.46. The molecule has 0 aromatic rings. The Morgan fingerprint density at radius 2 is 1.44 bits per heavy atom. The number of carbonyl (C=O) groups excluding carboxylic acids is 1. The maximum absolute atomic E-state index is 11.8. The van der Waals surface area contributed by atoms with Crippen molar-refractivity contribution in [2.24, 2.45) is 0 Å². The lowest BCUT2D eigenvalue weighted by Crippen LogP contribution is -2.66. The van der Waals surface area contributed by atoms with Crippen molar-refractivity contribution in [1.29, 1.82) is 0 Å². The first-order valence-electron chi connectivity index (χ1n) is 10.5. The van der Waals surface area contributed by atoms with Crippen molar-refractivity contribution in [2.75, 3.05) is 26.4 Å². The number of amides is 1. The van der Waals surface area contributed by atoms with Gasteiger partial charge < -0.3 is 29.4 Å². The first-order valence-corrected chi connectivity index (χ1v) is 10.5. The summed E-state index contributed by atoms with van der Waals surface area (Å²) in [5.74, 6) is -0.175. The molecule has 1 rings (SSSR count). The fraction of sp³-hybridized carbons (Fsp3) is 0.950. The van der Waals surface area contributed by atoms with Gasteiger partial charge in [-0.2, -0.15) is 0 Å². The third kappa shape index (κ3) is 8.44. The zero-order valence-electron chi connectivity index (χ0n) is 17.4. The zero-order valence-corrected chi connectivity index (χ0v) is 17.4. The molecule has 5 atom stereocenters. The second-order valence-electron chi connectivity index (χ2n) is 7.05. The van der Waals surface area contributed by atoms with Crippen molar-refractivity contribution < 1.29 is 28.8 Å². The van der Waals surface area contributed by atoms with Crippen molar-refractivity contribution in [3.63, 3.8) is 0 Å². The van der Waals surface area contributed by atoms with Crippen LogP contribution in [0.3, 0.4) is 0 Å². The van der Waals surface area contributed by atoms with Gasteiger partial charge in [-0.05, 0) is 19.3 Å². The van der Waals surface area contributed by atoms with E-state index in [1.807, 2.05) is 0 Å². The highest BCUT2D eigenvalue weighted by molar-refractivity contribution is 5.73. The number of aliphatic hydroxyl groups excluding tert-OH is 1. The fourth-order valence-corrected chi connectivity index (χ4v) is 3.05. The van der Waals surface area contributed by atoms with Crippen LogP contribution >= 0.6 is 0 Å². The Hall–Kier alpha value is -0.730. The van der Waals surface area contributed by atoms with Gasteiger partial charge in [0.15, 0.2) is 6.29 Å². The molecule has 2 N–H and O–H groups in total. The monoisotopic (exact) mass is 389 g/mol. The molecule has 1 heterocycles. The Kier molecular flexibility index (Phi) is 12.9. The molecule has 0 aromatic heterocycles. The smallest absolute Gasteiger partial charge is 0.217 e. The van der Waals surface area contributed by atoms with Crippen molar-refractivity contribution in [1.82, 2.24) is 5.32 Å². The molecule has 0 aliphatic carbocycles. The SMILES string of the molecule is CCCCOC1O[C@H](CO)[C@@H](OCCCC)[C@H](OCCCC)[C@@H]1NC(C)=O. The van der Waals surface area contributed by atoms with Gasteiger partial charge >= 0.3 is 0 Å². The number of hydrogen-bond donors (Lipinski definition) is 2. The molecule has 0 radical (unpaired) electrons. The lowest BCUT2D eigenvalue weighted by molar-refractivity contribution is -0.285. The summed E-state index contributed by atoms with van der Waals surface area (Å²) in [5.41, 5.74) is 0. The van der Waals surface area contributed by atoms with E-state index in [9.17, 15) is 9.90 Å². The van der Waals surface area contributed by atoms with Crippen molar-refractivity contribution >= 4 is 5.91 Å². The Bertz CT molecular complexity index is 395. The molecule has 1 unspecified atom stereocenters. The molecule has 0 saturated carbocycles. The first kappa shape index (κ1) is 24.3. The largest absolute Gasteiger partial charge is 0.394 e. The molecule has 0 aromatic carbocycles. The highest BCUT2D eigenvalue weighted by Crippen LogP contribution is 2.27. The van der Waals surface area contributed by atoms with Crippen LogP contribution in [0.4, 0.5) is 0 Å². The van der Waals surface area contributed by atoms with E-state index in [0.717, 1.165) is 38.5 Å². The van der Waals surface area contributed by atoms with Crippen LogP contribution in [0.5, 0.6) is 0 Å². The Balaban J connectivity index is 2.98. The second kappa shape index (κ2) is 14.3. The summed E-state index contributed by atoms with van der Waals surface area (Å²) in [4.78, 5) is 11.8. The van der Waals surface area contributed by atoms with E-state index in [0.29, 0.717) is 19.8 Å². The lowest BCUT2D eigenvalue weighted by atomic mass is 9.96. The van der Waals surface area contributed by atoms with Crippen molar-refractivity contribution in [2.45, 2.75) is 96.9 Å². The maximum Gasteiger partial charge on any atom is 0.217 e. The number of carbonyl (C=O) groups is 1. The van der Waals surface area contributed by atoms with Crippen LogP contribution in [-0.2, 0) is 23.7 Å². The molecule has 27 heavy (non-hydrogen) atoms. The number of unbranched alkanes of at least 4 members (excludes halogenated alkanes) is 3. The molecule has 7 nitrogen and oxygen atoms in total. The van der Waals surface area contributed by atoms with Crippen LogP contribution in [0.2, 0.25) is 0 Å². The van der Waals surface area contributed by atoms with Gasteiger partial charge in [0, 0.05) is 26.7 Å². The van der Waals surface area contributed by atoms with Gasteiger partial charge in [-0.25, -0.2) is 0 Å². The second-order valence-corrected chi connectivity index (χ2v) is 7.05. The summed E-state index contributed by atoms with van der Waals surface area (Å²) in [5, 5.41) is 12.8. The molecule has 0 bridgehead atoms. The number of ether oxygens (including phenoxy) is 4. The summed E-state index contributed by atoms with van der Waals surface area (Å²) in [7, 11) is 0. The number of aliphatic hydroxyl groups is 1. The van der Waals surface area contributed by atoms with Crippen LogP contribution in [0, 0.1) is 0 Å². The number of nitrogens with one attached hydrogen (secondary N) is 1. The van der Waals surface area contributed by atoms with Crippen LogP contribution < -0.4 is 5.32 Å². The maximum atomic E-state index is 11.8. The molecule has 1 fully saturated rings. The van der Waals surface area contributed by atoms with Crippen LogP contribution in [0.15, 0.2) is 0 Å². The van der Waals surface area contributed by atoms with Crippen LogP contribution in [-0.4, -0.2) is 68.1 Å². The van der Waals surface area contributed by atoms with E-state index in [2.05, 4.69) is 26.1 Å². The van der Waals surface area contributed by atoms with E-state index in [4.69, 9.17) is 18.9 Å². The summed E-state index contributed by atoms with van der Waals surface area (Å²) in [6.45, 7) is 9.20. The topological polar surface area (TPSA) is 86.2 Å². The molecule has 1 aliphatic heterocycles. The molecular formula is C20H39NO6. The van der Waals surface area contributed by atoms with Gasteiger partial charge in [-0.15, -0.1) is 0 Å². The third-order valence-corrected chi connectivity index (χ3v) is 4.59. The van der Waals surface area contributed by atoms with Gasteiger partial charge in [-0.1, -0.05) is 40.0 Å². The molecule has 1 saturated heterocycles. The van der Waals surface area contributed by atoms with E-state index in [1.165, 1.54) is 6.92 Å². The Morgan fingerprint density at radius 3 is 1.93 bits per heavy atom. The van der Waals surface area contributed by atoms with Gasteiger partial charge in [-0.3, -0.25) is 4.79 Å². The van der Waals surface area contributed by atoms with E-state index < -0.39 is 30.6 Å². The quantitative estimate of drug-likeness (QED) is 0.444. The predicted molar refractivity (Wildman–Crippen MR) is 104 cm³/mol. The van der Waals surface area contributed by atoms with Gasteiger partial charge in [0.25, 0.3) is 0 Å². The molecule has 0 spiro atoms. The zero-order chi connectivity index (χ0) is 20.1. The standard InChI is InChI=1S/C20H39NO6/c1-5-8-11-24-18-16(14-22)27-20(26-13-10-7-3)17(21-15(4)23)19(18)25-12-9-6-2/h16-20,22H,5-14H2,1-4H3,(H,21,23)/t16-,17+,18-,19-,20?/m1/s1. The Labute approximate surface area is 164 Å². The van der Waals surface area contributed by atoms with Crippen molar-refractivity contribution in [3.05, 3.63) is 0 Å². The highest BCUT2D eigenvalue weighted by atomic mass is 16.7. The summed E-state index contributed by atoms with van der Waals surface area (Å²) in [6, 6.07) is -0.481. The van der Waals surface area contributed by atoms with E-state index in [1.54, 1.807) is 0 Å². The molecule has 1 aliphatic rings. The van der Waals surface area contributed by atoms with Crippen LogP contribution in [0.1, 0.15) is 66.2 Å². The van der Waals surface area contributed by atoms with E-state index in [-0.39, 0.29) is 12.5 Å². The third-order valence-electron chi connectivity index (χ3n) is 4.59. The Morgan fingerprint density at radius 1 is 0.926 bits per heavy atom. The molecular weight excluding hydrogens is 350 g/mol. The van der Waals surface area contributed by atoms with Gasteiger partial charge in [0.05, 0.1) is 6.61 Å². The minimum absolute atomic E-state index is 0.175. The summed E-state index contributed by atoms with van der Waals surface area (Å²) < 4.78 is 24.1. The van der Waals surface area contributed by atoms with Gasteiger partial charge in [0.2, 0.25) is 5.91 Å². The number of rotatable bonds is 14. The fourth-order valence-electron chi connectivity index (χ4n) is 3.05. The highest BCUT2D eigenvalue weighted by Gasteiger charge is 2.48. The first-order chi connectivity index (χ1) is 13.1. The molecule has 1 amide bonds. The normalized spacial score (nSPS) is 28.3. The van der Waals surface area contributed by atoms with Crippen molar-refractivity contribution in [3.8, 4) is 0 Å². The molecule has 7 heteroatoms. The summed E-state index contributed by atoms with van der Waals surface area (Å²) in [6.07, 6.45) is 3.63. The minimum atomic E-state index is -0.671. The predicted octanol–water partition coefficient (Wildman–Crippen LogP) is 2.40. The average molecular weight is 390 g/mol. The van der Waals surface area contributed by atoms with Gasteiger partial charge in [0.1, 0.15) is 24.4 Å². The average Bonchev–Trinajstić information content (AvgIpc) is 2.64. The van der Waals surface area contributed by atoms with Crippen LogP contribution in [0.25, 0.3) is 0 Å². The molecule has 160 valence electrons. The summed E-state index contributed by atoms with van der Waals surface area (Å²) >= 11 is 0. The number of hydrogen-bond acceptors (Lipinski definition) is 6. The van der Waals surface area contributed by atoms with E-state index >= 15 is 0 Å².